The summed E-state index contributed by atoms with van der Waals surface area (Å²) in [5.41, 5.74) is 0.820. The average molecular weight is 362 g/mol. The van der Waals surface area contributed by atoms with Gasteiger partial charge >= 0.3 is 0 Å². The highest BCUT2D eigenvalue weighted by Crippen LogP contribution is 2.35. The van der Waals surface area contributed by atoms with E-state index in [1.54, 1.807) is 36.4 Å². The number of nitrogens with zero attached hydrogens (tertiary/aromatic N) is 1. The monoisotopic (exact) mass is 362 g/mol. The van der Waals surface area contributed by atoms with Gasteiger partial charge in [-0.05, 0) is 62.4 Å². The minimum atomic E-state index is -3.43. The van der Waals surface area contributed by atoms with Crippen LogP contribution in [0.1, 0.15) is 44.1 Å². The van der Waals surface area contributed by atoms with Gasteiger partial charge in [0.2, 0.25) is 15.9 Å². The number of carbonyl (C=O) groups is 1. The van der Waals surface area contributed by atoms with Crippen molar-refractivity contribution >= 4 is 22.0 Å². The van der Waals surface area contributed by atoms with Gasteiger partial charge in [-0.1, -0.05) is 25.0 Å². The number of sulfonamides is 1. The van der Waals surface area contributed by atoms with Crippen LogP contribution in [0, 0.1) is 5.92 Å². The predicted octanol–water partition coefficient (Wildman–Crippen LogP) is 2.79. The Balaban J connectivity index is 1.68. The average Bonchev–Trinajstić information content (AvgIpc) is 2.66. The summed E-state index contributed by atoms with van der Waals surface area (Å²) >= 11 is 0. The van der Waals surface area contributed by atoms with Gasteiger partial charge in [-0.3, -0.25) is 4.79 Å². The normalized spacial score (nSPS) is 24.3. The summed E-state index contributed by atoms with van der Waals surface area (Å²) in [5, 5.41) is 0. The number of likely N-dealkylation sites (tertiary alicyclic amines) is 1. The Hall–Kier alpha value is -1.66. The van der Waals surface area contributed by atoms with Crippen LogP contribution in [0.15, 0.2) is 35.2 Å². The van der Waals surface area contributed by atoms with Crippen LogP contribution in [-0.4, -0.2) is 38.9 Å². The standard InChI is InChI=1S/C19H26N2O3S/c1-20-25(23,24)17-11-8-15(9-12-17)10-13-19(22)21-14-4-6-16-5-2-3-7-18(16)21/h8-13,16,18,20H,2-7,14H2,1H3/b13-10+. The van der Waals surface area contributed by atoms with Crippen molar-refractivity contribution in [3.63, 3.8) is 0 Å². The molecule has 0 radical (unpaired) electrons. The van der Waals surface area contributed by atoms with E-state index in [1.807, 2.05) is 4.90 Å². The first kappa shape index (κ1) is 18.1. The number of amides is 1. The lowest BCUT2D eigenvalue weighted by molar-refractivity contribution is -0.132. The first-order chi connectivity index (χ1) is 12.0. The molecular weight excluding hydrogens is 336 g/mol. The Bertz CT molecular complexity index is 738. The van der Waals surface area contributed by atoms with Crippen LogP contribution in [0.3, 0.4) is 0 Å². The first-order valence-electron chi connectivity index (χ1n) is 9.03. The number of carbonyl (C=O) groups excluding carboxylic acids is 1. The van der Waals surface area contributed by atoms with E-state index in [9.17, 15) is 13.2 Å². The lowest BCUT2D eigenvalue weighted by Crippen LogP contribution is -2.49. The second-order valence-corrected chi connectivity index (χ2v) is 8.78. The van der Waals surface area contributed by atoms with E-state index in [0.29, 0.717) is 12.0 Å². The summed E-state index contributed by atoms with van der Waals surface area (Å²) in [7, 11) is -2.04. The smallest absolute Gasteiger partial charge is 0.246 e. The summed E-state index contributed by atoms with van der Waals surface area (Å²) in [4.78, 5) is 14.9. The molecule has 1 heterocycles. The molecule has 2 atom stereocenters. The number of hydrogen-bond donors (Lipinski definition) is 1. The Morgan fingerprint density at radius 1 is 1.12 bits per heavy atom. The molecule has 0 aromatic heterocycles. The van der Waals surface area contributed by atoms with E-state index in [2.05, 4.69) is 4.72 Å². The molecule has 1 amide bonds. The molecule has 1 N–H and O–H groups in total. The van der Waals surface area contributed by atoms with Gasteiger partial charge in [-0.25, -0.2) is 13.1 Å². The number of rotatable bonds is 4. The number of piperidine rings is 1. The van der Waals surface area contributed by atoms with Crippen molar-refractivity contribution in [3.05, 3.63) is 35.9 Å². The van der Waals surface area contributed by atoms with Gasteiger partial charge in [-0.15, -0.1) is 0 Å². The minimum Gasteiger partial charge on any atom is -0.336 e. The van der Waals surface area contributed by atoms with Crippen molar-refractivity contribution in [2.45, 2.75) is 49.5 Å². The molecule has 2 unspecified atom stereocenters. The number of fused-ring (bicyclic) bond motifs is 1. The summed E-state index contributed by atoms with van der Waals surface area (Å²) < 4.78 is 25.7. The maximum absolute atomic E-state index is 12.6. The van der Waals surface area contributed by atoms with Crippen LogP contribution in [0.25, 0.3) is 6.08 Å². The van der Waals surface area contributed by atoms with Crippen LogP contribution >= 0.6 is 0 Å². The Morgan fingerprint density at radius 2 is 1.80 bits per heavy atom. The van der Waals surface area contributed by atoms with Gasteiger partial charge in [0.15, 0.2) is 0 Å². The van der Waals surface area contributed by atoms with Gasteiger partial charge < -0.3 is 4.90 Å². The van der Waals surface area contributed by atoms with E-state index in [-0.39, 0.29) is 10.8 Å². The third kappa shape index (κ3) is 4.12. The number of benzene rings is 1. The fourth-order valence-corrected chi connectivity index (χ4v) is 4.77. The number of nitrogens with one attached hydrogen (secondary N) is 1. The first-order valence-corrected chi connectivity index (χ1v) is 10.5. The summed E-state index contributed by atoms with van der Waals surface area (Å²) in [6.07, 6.45) is 10.6. The molecule has 3 rings (SSSR count). The van der Waals surface area contributed by atoms with Crippen molar-refractivity contribution in [2.75, 3.05) is 13.6 Å². The fourth-order valence-electron chi connectivity index (χ4n) is 4.04. The van der Waals surface area contributed by atoms with Gasteiger partial charge in [-0.2, -0.15) is 0 Å². The van der Waals surface area contributed by atoms with Gasteiger partial charge in [0, 0.05) is 18.7 Å². The van der Waals surface area contributed by atoms with E-state index < -0.39 is 10.0 Å². The van der Waals surface area contributed by atoms with E-state index >= 15 is 0 Å². The highest BCUT2D eigenvalue weighted by atomic mass is 32.2. The molecule has 1 aromatic carbocycles. The van der Waals surface area contributed by atoms with Gasteiger partial charge in [0.25, 0.3) is 0 Å². The largest absolute Gasteiger partial charge is 0.336 e. The Morgan fingerprint density at radius 3 is 2.52 bits per heavy atom. The van der Waals surface area contributed by atoms with E-state index in [0.717, 1.165) is 24.9 Å². The van der Waals surface area contributed by atoms with Crippen LogP contribution < -0.4 is 4.72 Å². The molecule has 1 aliphatic carbocycles. The highest BCUT2D eigenvalue weighted by Gasteiger charge is 2.34. The number of hydrogen-bond acceptors (Lipinski definition) is 3. The van der Waals surface area contributed by atoms with Gasteiger partial charge in [0.05, 0.1) is 4.90 Å². The molecule has 0 bridgehead atoms. The van der Waals surface area contributed by atoms with Crippen LogP contribution in [0.4, 0.5) is 0 Å². The third-order valence-corrected chi connectivity index (χ3v) is 6.83. The Kier molecular flexibility index (Phi) is 5.59. The molecule has 1 saturated heterocycles. The Labute approximate surface area is 150 Å². The second-order valence-electron chi connectivity index (χ2n) is 6.90. The van der Waals surface area contributed by atoms with Crippen LogP contribution in [0.2, 0.25) is 0 Å². The summed E-state index contributed by atoms with van der Waals surface area (Å²) in [6.45, 7) is 0.851. The SMILES string of the molecule is CNS(=O)(=O)c1ccc(/C=C/C(=O)N2CCCC3CCCCC32)cc1. The lowest BCUT2D eigenvalue weighted by Gasteiger charge is -2.43. The molecule has 2 fully saturated rings. The van der Waals surface area contributed by atoms with Gasteiger partial charge in [0.1, 0.15) is 0 Å². The molecule has 1 aliphatic heterocycles. The quantitative estimate of drug-likeness (QED) is 0.838. The highest BCUT2D eigenvalue weighted by molar-refractivity contribution is 7.89. The van der Waals surface area contributed by atoms with Crippen LogP contribution in [-0.2, 0) is 14.8 Å². The summed E-state index contributed by atoms with van der Waals surface area (Å²) in [6, 6.07) is 6.94. The molecule has 25 heavy (non-hydrogen) atoms. The molecule has 0 spiro atoms. The maximum Gasteiger partial charge on any atom is 0.246 e. The predicted molar refractivity (Wildman–Crippen MR) is 98.4 cm³/mol. The van der Waals surface area contributed by atoms with Crippen molar-refractivity contribution in [2.24, 2.45) is 5.92 Å². The zero-order valence-electron chi connectivity index (χ0n) is 14.6. The molecular formula is C19H26N2O3S. The second kappa shape index (κ2) is 7.70. The molecule has 1 aromatic rings. The van der Waals surface area contributed by atoms with Crippen molar-refractivity contribution in [3.8, 4) is 0 Å². The lowest BCUT2D eigenvalue weighted by atomic mass is 9.78. The van der Waals surface area contributed by atoms with E-state index in [1.165, 1.54) is 32.7 Å². The van der Waals surface area contributed by atoms with Crippen molar-refractivity contribution in [1.29, 1.82) is 0 Å². The molecule has 5 nitrogen and oxygen atoms in total. The molecule has 1 saturated carbocycles. The zero-order valence-corrected chi connectivity index (χ0v) is 15.5. The topological polar surface area (TPSA) is 66.5 Å². The molecule has 6 heteroatoms. The summed E-state index contributed by atoms with van der Waals surface area (Å²) in [5.74, 6) is 0.745. The fraction of sp³-hybridized carbons (Fsp3) is 0.526. The maximum atomic E-state index is 12.6. The third-order valence-electron chi connectivity index (χ3n) is 5.40. The van der Waals surface area contributed by atoms with E-state index in [4.69, 9.17) is 0 Å². The minimum absolute atomic E-state index is 0.0727. The van der Waals surface area contributed by atoms with Crippen LogP contribution in [0.5, 0.6) is 0 Å². The van der Waals surface area contributed by atoms with Crippen molar-refractivity contribution < 1.29 is 13.2 Å². The van der Waals surface area contributed by atoms with Crippen molar-refractivity contribution in [1.82, 2.24) is 9.62 Å². The molecule has 2 aliphatic rings. The zero-order chi connectivity index (χ0) is 17.9. The molecule has 136 valence electrons.